The third kappa shape index (κ3) is 1.77. The van der Waals surface area contributed by atoms with Gasteiger partial charge in [0.1, 0.15) is 0 Å². The average Bonchev–Trinajstić information content (AvgIpc) is 2.89. The summed E-state index contributed by atoms with van der Waals surface area (Å²) in [5, 5.41) is 5.64. The molecule has 1 unspecified atom stereocenters. The third-order valence-electron chi connectivity index (χ3n) is 5.34. The van der Waals surface area contributed by atoms with E-state index in [2.05, 4.69) is 31.1 Å². The monoisotopic (exact) mass is 266 g/mol. The number of fused-ring (bicyclic) bond motifs is 2. The Labute approximate surface area is 112 Å². The molecule has 3 nitrogen and oxygen atoms in total. The fourth-order valence-electron chi connectivity index (χ4n) is 4.42. The molecule has 0 amide bonds. The first-order valence-electron chi connectivity index (χ1n) is 6.82. The zero-order chi connectivity index (χ0) is 13.0. The van der Waals surface area contributed by atoms with Crippen LogP contribution < -0.4 is 10.2 Å². The van der Waals surface area contributed by atoms with Gasteiger partial charge in [-0.05, 0) is 36.0 Å². The molecule has 1 aromatic rings. The minimum Gasteiger partial charge on any atom is -0.315 e. The van der Waals surface area contributed by atoms with Crippen LogP contribution in [0.25, 0.3) is 0 Å². The summed E-state index contributed by atoms with van der Waals surface area (Å²) in [6.45, 7) is 8.01. The summed E-state index contributed by atoms with van der Waals surface area (Å²) in [6, 6.07) is 0.562. The van der Waals surface area contributed by atoms with Crippen LogP contribution >= 0.6 is 11.3 Å². The van der Waals surface area contributed by atoms with Crippen LogP contribution in [0.5, 0.6) is 0 Å². The summed E-state index contributed by atoms with van der Waals surface area (Å²) in [4.78, 5) is 14.1. The van der Waals surface area contributed by atoms with Gasteiger partial charge in [0, 0.05) is 23.7 Å². The lowest BCUT2D eigenvalue weighted by molar-refractivity contribution is 0.108. The van der Waals surface area contributed by atoms with Crippen molar-refractivity contribution in [1.82, 2.24) is 10.3 Å². The molecule has 0 radical (unpaired) electrons. The molecule has 3 rings (SSSR count). The Balaban J connectivity index is 1.74. The lowest BCUT2D eigenvalue weighted by atomic mass is 9.68. The van der Waals surface area contributed by atoms with Gasteiger partial charge in [-0.1, -0.05) is 32.1 Å². The van der Waals surface area contributed by atoms with Crippen LogP contribution in [-0.2, 0) is 6.54 Å². The minimum atomic E-state index is 0.0465. The van der Waals surface area contributed by atoms with Gasteiger partial charge in [0.15, 0.2) is 0 Å². The lowest BCUT2D eigenvalue weighted by Crippen LogP contribution is -2.50. The van der Waals surface area contributed by atoms with Crippen LogP contribution in [0.1, 0.15) is 45.7 Å². The highest BCUT2D eigenvalue weighted by molar-refractivity contribution is 7.07. The predicted octanol–water partition coefficient (Wildman–Crippen LogP) is 2.74. The average molecular weight is 266 g/mol. The molecule has 2 bridgehead atoms. The van der Waals surface area contributed by atoms with Gasteiger partial charge in [-0.3, -0.25) is 4.79 Å². The van der Waals surface area contributed by atoms with Gasteiger partial charge in [-0.2, -0.15) is 0 Å². The zero-order valence-corrected chi connectivity index (χ0v) is 12.2. The lowest BCUT2D eigenvalue weighted by Gasteiger charge is -2.43. The molecule has 4 heteroatoms. The summed E-state index contributed by atoms with van der Waals surface area (Å²) in [5.74, 6) is 0.863. The van der Waals surface area contributed by atoms with Crippen LogP contribution in [0.4, 0.5) is 0 Å². The Hall–Kier alpha value is -0.610. The smallest absolute Gasteiger partial charge is 0.304 e. The van der Waals surface area contributed by atoms with Gasteiger partial charge in [0.25, 0.3) is 0 Å². The van der Waals surface area contributed by atoms with Gasteiger partial charge in [0.05, 0.1) is 0 Å². The molecule has 0 spiro atoms. The SMILES string of the molecule is CC1(C)C(NCc2csc(=O)[nH]2)[C@]2(C)CC[C@H]1C2. The highest BCUT2D eigenvalue weighted by Crippen LogP contribution is 2.62. The minimum absolute atomic E-state index is 0.0465. The number of hydrogen-bond donors (Lipinski definition) is 2. The Morgan fingerprint density at radius 1 is 1.50 bits per heavy atom. The fraction of sp³-hybridized carbons (Fsp3) is 0.786. The third-order valence-corrected chi connectivity index (χ3v) is 6.06. The van der Waals surface area contributed by atoms with Crippen LogP contribution in [0.3, 0.4) is 0 Å². The van der Waals surface area contributed by atoms with Crippen molar-refractivity contribution in [3.05, 3.63) is 20.7 Å². The molecule has 18 heavy (non-hydrogen) atoms. The van der Waals surface area contributed by atoms with E-state index >= 15 is 0 Å². The summed E-state index contributed by atoms with van der Waals surface area (Å²) in [5.41, 5.74) is 1.85. The molecule has 100 valence electrons. The Morgan fingerprint density at radius 3 is 2.83 bits per heavy atom. The van der Waals surface area contributed by atoms with E-state index in [-0.39, 0.29) is 4.87 Å². The van der Waals surface area contributed by atoms with E-state index in [9.17, 15) is 4.79 Å². The van der Waals surface area contributed by atoms with E-state index in [1.54, 1.807) is 0 Å². The van der Waals surface area contributed by atoms with E-state index in [0.29, 0.717) is 16.9 Å². The predicted molar refractivity (Wildman–Crippen MR) is 74.8 cm³/mol. The Kier molecular flexibility index (Phi) is 2.72. The first kappa shape index (κ1) is 12.4. The van der Waals surface area contributed by atoms with Crippen molar-refractivity contribution < 1.29 is 0 Å². The second-order valence-corrected chi connectivity index (χ2v) is 7.74. The van der Waals surface area contributed by atoms with Crippen molar-refractivity contribution in [3.8, 4) is 0 Å². The zero-order valence-electron chi connectivity index (χ0n) is 11.4. The summed E-state index contributed by atoms with van der Waals surface area (Å²) < 4.78 is 0. The summed E-state index contributed by atoms with van der Waals surface area (Å²) in [7, 11) is 0. The van der Waals surface area contributed by atoms with E-state index < -0.39 is 0 Å². The second-order valence-electron chi connectivity index (χ2n) is 6.90. The molecule has 2 fully saturated rings. The number of nitrogens with one attached hydrogen (secondary N) is 2. The highest BCUT2D eigenvalue weighted by atomic mass is 32.1. The van der Waals surface area contributed by atoms with Gasteiger partial charge in [0.2, 0.25) is 0 Å². The maximum absolute atomic E-state index is 11.1. The molecular weight excluding hydrogens is 244 g/mol. The Bertz CT molecular complexity index is 499. The molecule has 2 aliphatic carbocycles. The van der Waals surface area contributed by atoms with Crippen LogP contribution in [-0.4, -0.2) is 11.0 Å². The van der Waals surface area contributed by atoms with E-state index in [1.807, 2.05) is 5.38 Å². The molecule has 0 aliphatic heterocycles. The topological polar surface area (TPSA) is 44.9 Å². The summed E-state index contributed by atoms with van der Waals surface area (Å²) in [6.07, 6.45) is 4.09. The number of thiazole rings is 1. The first-order valence-corrected chi connectivity index (χ1v) is 7.70. The number of hydrogen-bond acceptors (Lipinski definition) is 3. The number of H-pyrrole nitrogens is 1. The highest BCUT2D eigenvalue weighted by Gasteiger charge is 2.58. The molecule has 1 heterocycles. The maximum Gasteiger partial charge on any atom is 0.304 e. The van der Waals surface area contributed by atoms with Crippen molar-refractivity contribution in [2.75, 3.05) is 0 Å². The standard InChI is InChI=1S/C14H22N2OS/c1-13(2)9-4-5-14(3,6-9)11(13)15-7-10-8-18-12(17)16-10/h8-9,11,15H,4-7H2,1-3H3,(H,16,17)/t9-,11?,14+/m0/s1. The molecule has 0 saturated heterocycles. The van der Waals surface area contributed by atoms with Crippen molar-refractivity contribution in [2.45, 2.75) is 52.6 Å². The molecule has 3 atom stereocenters. The maximum atomic E-state index is 11.1. The molecule has 2 aliphatic rings. The quantitative estimate of drug-likeness (QED) is 0.883. The Morgan fingerprint density at radius 2 is 2.28 bits per heavy atom. The van der Waals surface area contributed by atoms with Gasteiger partial charge in [-0.15, -0.1) is 0 Å². The molecule has 0 aromatic carbocycles. The molecular formula is C14H22N2OS. The van der Waals surface area contributed by atoms with Crippen LogP contribution in [0, 0.1) is 16.7 Å². The van der Waals surface area contributed by atoms with Gasteiger partial charge in [-0.25, -0.2) is 0 Å². The van der Waals surface area contributed by atoms with Gasteiger partial charge < -0.3 is 10.3 Å². The van der Waals surface area contributed by atoms with Crippen LogP contribution in [0.2, 0.25) is 0 Å². The van der Waals surface area contributed by atoms with Crippen molar-refractivity contribution in [3.63, 3.8) is 0 Å². The largest absolute Gasteiger partial charge is 0.315 e. The molecule has 2 N–H and O–H groups in total. The van der Waals surface area contributed by atoms with Crippen molar-refractivity contribution in [2.24, 2.45) is 16.7 Å². The van der Waals surface area contributed by atoms with Crippen molar-refractivity contribution >= 4 is 11.3 Å². The number of rotatable bonds is 3. The molecule has 1 aromatic heterocycles. The van der Waals surface area contributed by atoms with Gasteiger partial charge >= 0.3 is 4.87 Å². The van der Waals surface area contributed by atoms with E-state index in [1.165, 1.54) is 30.6 Å². The number of aromatic amines is 1. The normalized spacial score (nSPS) is 37.3. The molecule has 2 saturated carbocycles. The van der Waals surface area contributed by atoms with Crippen molar-refractivity contribution in [1.29, 1.82) is 0 Å². The fourth-order valence-corrected chi connectivity index (χ4v) is 5.01. The second kappa shape index (κ2) is 3.94. The first-order chi connectivity index (χ1) is 8.42. The van der Waals surface area contributed by atoms with Crippen LogP contribution in [0.15, 0.2) is 10.2 Å². The number of aromatic nitrogens is 1. The van der Waals surface area contributed by atoms with E-state index in [4.69, 9.17) is 0 Å². The van der Waals surface area contributed by atoms with E-state index in [0.717, 1.165) is 18.2 Å². The summed E-state index contributed by atoms with van der Waals surface area (Å²) >= 11 is 1.25.